The van der Waals surface area contributed by atoms with Crippen molar-refractivity contribution in [2.45, 2.75) is 0 Å². The second kappa shape index (κ2) is 14.4. The van der Waals surface area contributed by atoms with Crippen LogP contribution in [0.1, 0.15) is 0 Å². The van der Waals surface area contributed by atoms with Gasteiger partial charge in [-0.25, -0.2) is 15.0 Å². The number of fused-ring (bicyclic) bond motifs is 2. The van der Waals surface area contributed by atoms with Crippen molar-refractivity contribution in [1.82, 2.24) is 15.0 Å². The maximum atomic E-state index is 5.24. The summed E-state index contributed by atoms with van der Waals surface area (Å²) in [4.78, 5) is 15.5. The van der Waals surface area contributed by atoms with Crippen LogP contribution in [0.3, 0.4) is 0 Å². The van der Waals surface area contributed by atoms with Crippen LogP contribution in [0.2, 0.25) is 0 Å². The van der Waals surface area contributed by atoms with Gasteiger partial charge in [-0.1, -0.05) is 206 Å². The molecule has 0 aliphatic carbocycles. The Morgan fingerprint density at radius 2 is 0.482 bits per heavy atom. The number of nitrogens with zero attached hydrogens (tertiary/aromatic N) is 3. The molecular weight excluding hydrogens is 679 g/mol. The van der Waals surface area contributed by atoms with Gasteiger partial charge in [-0.15, -0.1) is 0 Å². The lowest BCUT2D eigenvalue weighted by Crippen LogP contribution is -2.01. The number of aromatic nitrogens is 3. The summed E-state index contributed by atoms with van der Waals surface area (Å²) in [7, 11) is 0. The molecular formula is C53H35N3. The average molecular weight is 714 g/mol. The summed E-state index contributed by atoms with van der Waals surface area (Å²) >= 11 is 0. The minimum absolute atomic E-state index is 0.636. The highest BCUT2D eigenvalue weighted by Crippen LogP contribution is 2.43. The third kappa shape index (κ3) is 6.02. The third-order valence-electron chi connectivity index (χ3n) is 10.6. The number of hydrogen-bond donors (Lipinski definition) is 0. The molecule has 10 rings (SSSR count). The summed E-state index contributed by atoms with van der Waals surface area (Å²) in [5.74, 6) is 1.91. The maximum Gasteiger partial charge on any atom is 0.164 e. The molecule has 0 unspecified atom stereocenters. The van der Waals surface area contributed by atoms with E-state index in [4.69, 9.17) is 15.0 Å². The standard InChI is InChI=1S/C53H35N3/c1-4-18-36(19-5-1)39-24-10-12-26-41(39)46-32-33-47(43-28-14-13-27-42(43)46)48-34-35-50(45-30-16-15-29-44(45)48)53-55-51(38-22-8-3-9-23-38)54-52(56-53)49-31-17-11-25-40(49)37-20-6-2-7-21-37/h1-35H. The highest BCUT2D eigenvalue weighted by atomic mass is 15.0. The van der Waals surface area contributed by atoms with E-state index in [0.29, 0.717) is 17.5 Å². The van der Waals surface area contributed by atoms with Gasteiger partial charge in [0.15, 0.2) is 17.5 Å². The van der Waals surface area contributed by atoms with E-state index in [1.165, 1.54) is 38.6 Å². The van der Waals surface area contributed by atoms with Gasteiger partial charge >= 0.3 is 0 Å². The first-order valence-corrected chi connectivity index (χ1v) is 19.0. The molecule has 3 heteroatoms. The van der Waals surface area contributed by atoms with E-state index in [2.05, 4.69) is 182 Å². The lowest BCUT2D eigenvalue weighted by Gasteiger charge is -2.17. The number of rotatable bonds is 7. The molecule has 0 saturated heterocycles. The summed E-state index contributed by atoms with van der Waals surface area (Å²) in [5, 5.41) is 4.64. The van der Waals surface area contributed by atoms with Crippen molar-refractivity contribution < 1.29 is 0 Å². The van der Waals surface area contributed by atoms with Gasteiger partial charge in [-0.05, 0) is 72.1 Å². The second-order valence-corrected chi connectivity index (χ2v) is 13.9. The van der Waals surface area contributed by atoms with Crippen LogP contribution in [0.5, 0.6) is 0 Å². The van der Waals surface area contributed by atoms with Crippen molar-refractivity contribution in [3.05, 3.63) is 212 Å². The van der Waals surface area contributed by atoms with Gasteiger partial charge < -0.3 is 0 Å². The predicted molar refractivity (Wildman–Crippen MR) is 233 cm³/mol. The lowest BCUT2D eigenvalue weighted by molar-refractivity contribution is 1.08. The van der Waals surface area contributed by atoms with Crippen LogP contribution in [-0.2, 0) is 0 Å². The van der Waals surface area contributed by atoms with E-state index in [0.717, 1.165) is 44.2 Å². The van der Waals surface area contributed by atoms with Crippen LogP contribution in [0, 0.1) is 0 Å². The maximum absolute atomic E-state index is 5.24. The lowest BCUT2D eigenvalue weighted by atomic mass is 9.87. The Morgan fingerprint density at radius 1 is 0.179 bits per heavy atom. The number of benzene rings is 9. The first-order valence-electron chi connectivity index (χ1n) is 19.0. The van der Waals surface area contributed by atoms with Crippen LogP contribution in [0.25, 0.3) is 100 Å². The minimum atomic E-state index is 0.636. The van der Waals surface area contributed by atoms with Crippen molar-refractivity contribution in [3.63, 3.8) is 0 Å². The molecule has 0 radical (unpaired) electrons. The molecule has 0 aliphatic heterocycles. The summed E-state index contributed by atoms with van der Waals surface area (Å²) < 4.78 is 0. The van der Waals surface area contributed by atoms with E-state index >= 15 is 0 Å². The first-order chi connectivity index (χ1) is 27.8. The fraction of sp³-hybridized carbons (Fsp3) is 0. The molecule has 0 N–H and O–H groups in total. The van der Waals surface area contributed by atoms with Crippen LogP contribution in [-0.4, -0.2) is 15.0 Å². The molecule has 262 valence electrons. The normalized spacial score (nSPS) is 11.2. The molecule has 1 heterocycles. The van der Waals surface area contributed by atoms with E-state index in [-0.39, 0.29) is 0 Å². The summed E-state index contributed by atoms with van der Waals surface area (Å²) in [5.41, 5.74) is 12.3. The van der Waals surface area contributed by atoms with E-state index in [1.54, 1.807) is 0 Å². The Hall–Kier alpha value is -7.49. The van der Waals surface area contributed by atoms with Gasteiger partial charge in [0.05, 0.1) is 0 Å². The molecule has 0 saturated carbocycles. The molecule has 0 atom stereocenters. The van der Waals surface area contributed by atoms with Crippen molar-refractivity contribution in [2.75, 3.05) is 0 Å². The summed E-state index contributed by atoms with van der Waals surface area (Å²) in [6.45, 7) is 0. The fourth-order valence-electron chi connectivity index (χ4n) is 7.97. The van der Waals surface area contributed by atoms with Crippen molar-refractivity contribution in [1.29, 1.82) is 0 Å². The monoisotopic (exact) mass is 713 g/mol. The van der Waals surface area contributed by atoms with Crippen molar-refractivity contribution in [2.24, 2.45) is 0 Å². The Balaban J connectivity index is 1.15. The zero-order chi connectivity index (χ0) is 37.3. The van der Waals surface area contributed by atoms with E-state index in [9.17, 15) is 0 Å². The topological polar surface area (TPSA) is 38.7 Å². The van der Waals surface area contributed by atoms with Crippen LogP contribution < -0.4 is 0 Å². The summed E-state index contributed by atoms with van der Waals surface area (Å²) in [6.07, 6.45) is 0. The van der Waals surface area contributed by atoms with Gasteiger partial charge in [0.1, 0.15) is 0 Å². The van der Waals surface area contributed by atoms with Gasteiger partial charge in [0.2, 0.25) is 0 Å². The fourth-order valence-corrected chi connectivity index (χ4v) is 7.97. The molecule has 0 fully saturated rings. The van der Waals surface area contributed by atoms with Crippen LogP contribution >= 0.6 is 0 Å². The Morgan fingerprint density at radius 3 is 0.982 bits per heavy atom. The minimum Gasteiger partial charge on any atom is -0.208 e. The van der Waals surface area contributed by atoms with Gasteiger partial charge in [0.25, 0.3) is 0 Å². The van der Waals surface area contributed by atoms with Crippen molar-refractivity contribution >= 4 is 21.5 Å². The average Bonchev–Trinajstić information content (AvgIpc) is 3.29. The Kier molecular flexibility index (Phi) is 8.51. The largest absolute Gasteiger partial charge is 0.208 e. The molecule has 9 aromatic carbocycles. The van der Waals surface area contributed by atoms with Crippen LogP contribution in [0.15, 0.2) is 212 Å². The number of hydrogen-bond acceptors (Lipinski definition) is 3. The van der Waals surface area contributed by atoms with Gasteiger partial charge in [-0.2, -0.15) is 0 Å². The van der Waals surface area contributed by atoms with E-state index < -0.39 is 0 Å². The summed E-state index contributed by atoms with van der Waals surface area (Å²) in [6, 6.07) is 74.7. The first kappa shape index (κ1) is 33.1. The smallest absolute Gasteiger partial charge is 0.164 e. The highest BCUT2D eigenvalue weighted by molar-refractivity contribution is 6.12. The van der Waals surface area contributed by atoms with Gasteiger partial charge in [-0.3, -0.25) is 0 Å². The van der Waals surface area contributed by atoms with Crippen molar-refractivity contribution in [3.8, 4) is 78.7 Å². The Labute approximate surface area is 326 Å². The molecule has 56 heavy (non-hydrogen) atoms. The third-order valence-corrected chi connectivity index (χ3v) is 10.6. The molecule has 10 aromatic rings. The molecule has 0 aliphatic rings. The SMILES string of the molecule is c1ccc(-c2nc(-c3ccccc3-c3ccccc3)nc(-c3ccc(-c4ccc(-c5ccccc5-c5ccccc5)c5ccccc45)c4ccccc34)n2)cc1. The molecule has 3 nitrogen and oxygen atoms in total. The molecule has 0 spiro atoms. The van der Waals surface area contributed by atoms with Gasteiger partial charge in [0, 0.05) is 16.7 Å². The molecule has 0 bridgehead atoms. The predicted octanol–water partition coefficient (Wildman–Crippen LogP) is 13.8. The Bertz CT molecular complexity index is 3010. The highest BCUT2D eigenvalue weighted by Gasteiger charge is 2.19. The zero-order valence-electron chi connectivity index (χ0n) is 30.5. The quantitative estimate of drug-likeness (QED) is 0.165. The second-order valence-electron chi connectivity index (χ2n) is 13.9. The van der Waals surface area contributed by atoms with Crippen LogP contribution in [0.4, 0.5) is 0 Å². The zero-order valence-corrected chi connectivity index (χ0v) is 30.5. The molecule has 1 aromatic heterocycles. The molecule has 0 amide bonds. The van der Waals surface area contributed by atoms with E-state index in [1.807, 2.05) is 30.3 Å².